The minimum atomic E-state index is -0.577. The van der Waals surface area contributed by atoms with E-state index in [1.807, 2.05) is 38.1 Å². The number of para-hydroxylation sites is 1. The van der Waals surface area contributed by atoms with E-state index < -0.39 is 5.54 Å². The molecule has 1 aliphatic rings. The van der Waals surface area contributed by atoms with E-state index in [4.69, 9.17) is 4.74 Å². The Bertz CT molecular complexity index is 424. The molecule has 2 atom stereocenters. The van der Waals surface area contributed by atoms with Gasteiger partial charge < -0.3 is 10.1 Å². The second-order valence-electron chi connectivity index (χ2n) is 4.29. The van der Waals surface area contributed by atoms with Crippen molar-refractivity contribution in [3.05, 3.63) is 29.8 Å². The van der Waals surface area contributed by atoms with Crippen molar-refractivity contribution < 1.29 is 4.74 Å². The third-order valence-corrected chi connectivity index (χ3v) is 3.26. The Hall–Kier alpha value is -1.53. The lowest BCUT2D eigenvalue weighted by Gasteiger charge is -2.27. The molecule has 1 heterocycles. The normalized spacial score (nSPS) is 28.7. The molecular formula is C13H16N2O. The van der Waals surface area contributed by atoms with E-state index in [0.29, 0.717) is 6.61 Å². The van der Waals surface area contributed by atoms with Crippen LogP contribution in [-0.4, -0.2) is 18.2 Å². The molecule has 3 nitrogen and oxygen atoms in total. The van der Waals surface area contributed by atoms with Crippen molar-refractivity contribution in [2.24, 2.45) is 0 Å². The van der Waals surface area contributed by atoms with Gasteiger partial charge in [-0.3, -0.25) is 0 Å². The predicted molar refractivity (Wildman–Crippen MR) is 63.2 cm³/mol. The van der Waals surface area contributed by atoms with Crippen LogP contribution in [0.15, 0.2) is 24.3 Å². The zero-order valence-corrected chi connectivity index (χ0v) is 9.66. The van der Waals surface area contributed by atoms with Crippen LogP contribution in [0, 0.1) is 18.3 Å². The highest BCUT2D eigenvalue weighted by atomic mass is 16.5. The van der Waals surface area contributed by atoms with Crippen molar-refractivity contribution in [3.63, 3.8) is 0 Å². The number of nitriles is 1. The summed E-state index contributed by atoms with van der Waals surface area (Å²) in [6.07, 6.45) is 0.663. The van der Waals surface area contributed by atoms with Gasteiger partial charge in [-0.15, -0.1) is 0 Å². The Kier molecular flexibility index (Phi) is 2.84. The average Bonchev–Trinajstić information content (AvgIpc) is 2.64. The first-order chi connectivity index (χ1) is 7.68. The van der Waals surface area contributed by atoms with Crippen molar-refractivity contribution in [1.29, 1.82) is 5.26 Å². The lowest BCUT2D eigenvalue weighted by atomic mass is 9.93. The number of hydrogen-bond donors (Lipinski definition) is 1. The van der Waals surface area contributed by atoms with Crippen LogP contribution >= 0.6 is 0 Å². The molecule has 1 aliphatic heterocycles. The number of anilines is 1. The molecule has 0 spiro atoms. The van der Waals surface area contributed by atoms with Crippen molar-refractivity contribution >= 4 is 5.69 Å². The number of nitrogens with zero attached hydrogens (tertiary/aromatic N) is 1. The Balaban J connectivity index is 2.27. The van der Waals surface area contributed by atoms with Gasteiger partial charge in [-0.25, -0.2) is 0 Å². The fourth-order valence-corrected chi connectivity index (χ4v) is 2.03. The fourth-order valence-electron chi connectivity index (χ4n) is 2.03. The third kappa shape index (κ3) is 1.77. The molecule has 1 aromatic carbocycles. The summed E-state index contributed by atoms with van der Waals surface area (Å²) >= 11 is 0. The topological polar surface area (TPSA) is 45.0 Å². The molecule has 0 amide bonds. The summed E-state index contributed by atoms with van der Waals surface area (Å²) in [5.74, 6) is 0. The van der Waals surface area contributed by atoms with E-state index in [-0.39, 0.29) is 6.10 Å². The van der Waals surface area contributed by atoms with Gasteiger partial charge in [-0.1, -0.05) is 18.2 Å². The van der Waals surface area contributed by atoms with Crippen LogP contribution in [0.4, 0.5) is 5.69 Å². The Labute approximate surface area is 96.0 Å². The van der Waals surface area contributed by atoms with Gasteiger partial charge >= 0.3 is 0 Å². The van der Waals surface area contributed by atoms with E-state index in [9.17, 15) is 5.26 Å². The summed E-state index contributed by atoms with van der Waals surface area (Å²) < 4.78 is 5.49. The SMILES string of the molecule is Cc1ccccc1NC1(C#N)CCOC1C. The molecule has 1 fully saturated rings. The zero-order valence-electron chi connectivity index (χ0n) is 9.66. The van der Waals surface area contributed by atoms with E-state index in [0.717, 1.165) is 17.7 Å². The maximum absolute atomic E-state index is 9.35. The summed E-state index contributed by atoms with van der Waals surface area (Å²) in [7, 11) is 0. The number of ether oxygens (including phenoxy) is 1. The van der Waals surface area contributed by atoms with Gasteiger partial charge in [0.25, 0.3) is 0 Å². The Morgan fingerprint density at radius 1 is 1.50 bits per heavy atom. The second-order valence-corrected chi connectivity index (χ2v) is 4.29. The van der Waals surface area contributed by atoms with Crippen molar-refractivity contribution in [1.82, 2.24) is 0 Å². The molecule has 0 aromatic heterocycles. The van der Waals surface area contributed by atoms with Crippen molar-refractivity contribution in [3.8, 4) is 6.07 Å². The molecule has 0 radical (unpaired) electrons. The maximum Gasteiger partial charge on any atom is 0.153 e. The summed E-state index contributed by atoms with van der Waals surface area (Å²) in [5.41, 5.74) is 1.59. The molecule has 0 aliphatic carbocycles. The molecule has 2 unspecified atom stereocenters. The van der Waals surface area contributed by atoms with Crippen molar-refractivity contribution in [2.75, 3.05) is 11.9 Å². The van der Waals surface area contributed by atoms with Gasteiger partial charge in [-0.05, 0) is 25.5 Å². The van der Waals surface area contributed by atoms with Gasteiger partial charge in [-0.2, -0.15) is 5.26 Å². The van der Waals surface area contributed by atoms with E-state index in [2.05, 4.69) is 11.4 Å². The molecule has 3 heteroatoms. The van der Waals surface area contributed by atoms with Crippen LogP contribution in [0.5, 0.6) is 0 Å². The molecule has 0 bridgehead atoms. The summed E-state index contributed by atoms with van der Waals surface area (Å²) in [6, 6.07) is 10.4. The number of rotatable bonds is 2. The molecular weight excluding hydrogens is 200 g/mol. The first-order valence-electron chi connectivity index (χ1n) is 5.54. The second kappa shape index (κ2) is 4.15. The van der Waals surface area contributed by atoms with Gasteiger partial charge in [0.15, 0.2) is 5.54 Å². The highest BCUT2D eigenvalue weighted by molar-refractivity contribution is 5.54. The molecule has 16 heavy (non-hydrogen) atoms. The van der Waals surface area contributed by atoms with Crippen LogP contribution < -0.4 is 5.32 Å². The molecule has 1 saturated heterocycles. The number of aryl methyl sites for hydroxylation is 1. The van der Waals surface area contributed by atoms with Gasteiger partial charge in [0.1, 0.15) is 0 Å². The lowest BCUT2D eigenvalue weighted by molar-refractivity contribution is 0.112. The monoisotopic (exact) mass is 216 g/mol. The average molecular weight is 216 g/mol. The first kappa shape index (κ1) is 11.0. The predicted octanol–water partition coefficient (Wildman–Crippen LogP) is 2.48. The zero-order chi connectivity index (χ0) is 11.6. The van der Waals surface area contributed by atoms with E-state index >= 15 is 0 Å². The van der Waals surface area contributed by atoms with Gasteiger partial charge in [0.05, 0.1) is 18.8 Å². The molecule has 2 rings (SSSR count). The minimum absolute atomic E-state index is 0.0721. The number of nitrogens with one attached hydrogen (secondary N) is 1. The fraction of sp³-hybridized carbons (Fsp3) is 0.462. The van der Waals surface area contributed by atoms with Crippen LogP contribution in [0.25, 0.3) is 0 Å². The Morgan fingerprint density at radius 2 is 2.25 bits per heavy atom. The maximum atomic E-state index is 9.35. The Morgan fingerprint density at radius 3 is 2.81 bits per heavy atom. The molecule has 1 aromatic rings. The van der Waals surface area contributed by atoms with E-state index in [1.54, 1.807) is 0 Å². The lowest BCUT2D eigenvalue weighted by Crippen LogP contribution is -2.43. The molecule has 0 saturated carbocycles. The van der Waals surface area contributed by atoms with Crippen LogP contribution in [0.1, 0.15) is 18.9 Å². The summed E-state index contributed by atoms with van der Waals surface area (Å²) in [6.45, 7) is 4.63. The molecule has 1 N–H and O–H groups in total. The molecule has 84 valence electrons. The van der Waals surface area contributed by atoms with Gasteiger partial charge in [0, 0.05) is 12.1 Å². The highest BCUT2D eigenvalue weighted by Crippen LogP contribution is 2.30. The third-order valence-electron chi connectivity index (χ3n) is 3.26. The van der Waals surface area contributed by atoms with Gasteiger partial charge in [0.2, 0.25) is 0 Å². The quantitative estimate of drug-likeness (QED) is 0.826. The standard InChI is InChI=1S/C13H16N2O/c1-10-5-3-4-6-12(10)15-13(9-14)7-8-16-11(13)2/h3-6,11,15H,7-8H2,1-2H3. The van der Waals surface area contributed by atoms with Crippen LogP contribution in [-0.2, 0) is 4.74 Å². The van der Waals surface area contributed by atoms with Crippen molar-refractivity contribution in [2.45, 2.75) is 31.9 Å². The highest BCUT2D eigenvalue weighted by Gasteiger charge is 2.42. The number of hydrogen-bond acceptors (Lipinski definition) is 3. The minimum Gasteiger partial charge on any atom is -0.375 e. The van der Waals surface area contributed by atoms with Crippen LogP contribution in [0.2, 0.25) is 0 Å². The largest absolute Gasteiger partial charge is 0.375 e. The summed E-state index contributed by atoms with van der Waals surface area (Å²) in [4.78, 5) is 0. The summed E-state index contributed by atoms with van der Waals surface area (Å²) in [5, 5.41) is 12.7. The first-order valence-corrected chi connectivity index (χ1v) is 5.54. The number of benzene rings is 1. The van der Waals surface area contributed by atoms with E-state index in [1.165, 1.54) is 0 Å². The van der Waals surface area contributed by atoms with Crippen LogP contribution in [0.3, 0.4) is 0 Å². The smallest absolute Gasteiger partial charge is 0.153 e.